The van der Waals surface area contributed by atoms with Crippen molar-refractivity contribution in [2.24, 2.45) is 0 Å². The summed E-state index contributed by atoms with van der Waals surface area (Å²) in [5, 5.41) is 9.83. The molecule has 1 heterocycles. The number of methoxy groups -OCH3 is 2. The van der Waals surface area contributed by atoms with Gasteiger partial charge in [0.05, 0.1) is 33.5 Å². The van der Waals surface area contributed by atoms with Gasteiger partial charge in [-0.25, -0.2) is 4.39 Å². The molecule has 0 radical (unpaired) electrons. The van der Waals surface area contributed by atoms with Crippen LogP contribution in [0.25, 0.3) is 0 Å². The van der Waals surface area contributed by atoms with Crippen LogP contribution in [-0.4, -0.2) is 56.0 Å². The standard InChI is InChI=1S/C21H24FNO5/c1-13-8-15(10-16(22)9-13)21(25)23-6-7-28-19(12-24)20(23)14-4-5-17(26-2)18(11-14)27-3/h4-5,8-11,19-20,24H,6-7,12H2,1-3H3/t19-,20-/m1/s1. The van der Waals surface area contributed by atoms with Crippen molar-refractivity contribution in [3.8, 4) is 11.5 Å². The zero-order valence-electron chi connectivity index (χ0n) is 16.1. The molecule has 1 amide bonds. The molecule has 0 saturated carbocycles. The lowest BCUT2D eigenvalue weighted by Crippen LogP contribution is -2.49. The molecule has 0 unspecified atom stereocenters. The van der Waals surface area contributed by atoms with E-state index in [2.05, 4.69) is 0 Å². The second-order valence-electron chi connectivity index (χ2n) is 6.67. The number of ether oxygens (including phenoxy) is 3. The molecule has 1 N–H and O–H groups in total. The Balaban J connectivity index is 2.02. The number of carbonyl (C=O) groups is 1. The monoisotopic (exact) mass is 389 g/mol. The quantitative estimate of drug-likeness (QED) is 0.852. The Bertz CT molecular complexity index is 836. The van der Waals surface area contributed by atoms with E-state index in [0.717, 1.165) is 5.56 Å². The SMILES string of the molecule is COc1ccc([C@@H]2[C@@H](CO)OCCN2C(=O)c2cc(C)cc(F)c2)cc1OC. The molecule has 0 spiro atoms. The third-order valence-electron chi connectivity index (χ3n) is 4.83. The summed E-state index contributed by atoms with van der Waals surface area (Å²) in [5.41, 5.74) is 1.66. The zero-order chi connectivity index (χ0) is 20.3. The van der Waals surface area contributed by atoms with Gasteiger partial charge < -0.3 is 24.2 Å². The lowest BCUT2D eigenvalue weighted by atomic mass is 9.96. The molecular weight excluding hydrogens is 365 g/mol. The van der Waals surface area contributed by atoms with Crippen LogP contribution in [-0.2, 0) is 4.74 Å². The third kappa shape index (κ3) is 3.95. The van der Waals surface area contributed by atoms with Crippen LogP contribution in [0.15, 0.2) is 36.4 Å². The average molecular weight is 389 g/mol. The molecule has 1 aliphatic rings. The number of hydrogen-bond acceptors (Lipinski definition) is 5. The molecule has 0 aliphatic carbocycles. The van der Waals surface area contributed by atoms with Crippen molar-refractivity contribution in [3.63, 3.8) is 0 Å². The maximum absolute atomic E-state index is 13.8. The molecule has 3 rings (SSSR count). The molecule has 28 heavy (non-hydrogen) atoms. The van der Waals surface area contributed by atoms with Gasteiger partial charge in [-0.1, -0.05) is 6.07 Å². The number of aliphatic hydroxyl groups is 1. The molecule has 2 aromatic rings. The molecule has 0 bridgehead atoms. The Kier molecular flexibility index (Phi) is 6.16. The van der Waals surface area contributed by atoms with Gasteiger partial charge >= 0.3 is 0 Å². The Morgan fingerprint density at radius 3 is 2.61 bits per heavy atom. The van der Waals surface area contributed by atoms with E-state index in [1.165, 1.54) is 19.2 Å². The van der Waals surface area contributed by atoms with Gasteiger partial charge in [0.25, 0.3) is 5.91 Å². The smallest absolute Gasteiger partial charge is 0.254 e. The first kappa shape index (κ1) is 20.1. The van der Waals surface area contributed by atoms with E-state index < -0.39 is 18.0 Å². The molecular formula is C21H24FNO5. The first-order valence-corrected chi connectivity index (χ1v) is 9.01. The van der Waals surface area contributed by atoms with Crippen LogP contribution < -0.4 is 9.47 Å². The minimum absolute atomic E-state index is 0.259. The van der Waals surface area contributed by atoms with E-state index in [0.29, 0.717) is 23.6 Å². The number of aliphatic hydroxyl groups excluding tert-OH is 1. The van der Waals surface area contributed by atoms with Crippen molar-refractivity contribution in [2.75, 3.05) is 34.0 Å². The Morgan fingerprint density at radius 1 is 1.21 bits per heavy atom. The molecule has 1 fully saturated rings. The molecule has 150 valence electrons. The summed E-state index contributed by atoms with van der Waals surface area (Å²) < 4.78 is 30.2. The lowest BCUT2D eigenvalue weighted by Gasteiger charge is -2.41. The van der Waals surface area contributed by atoms with Gasteiger partial charge in [0.1, 0.15) is 11.9 Å². The normalized spacial score (nSPS) is 19.4. The number of amides is 1. The van der Waals surface area contributed by atoms with E-state index in [4.69, 9.17) is 14.2 Å². The fourth-order valence-corrected chi connectivity index (χ4v) is 3.57. The van der Waals surface area contributed by atoms with E-state index in [1.54, 1.807) is 43.2 Å². The van der Waals surface area contributed by atoms with Crippen molar-refractivity contribution in [3.05, 3.63) is 58.9 Å². The molecule has 1 aliphatic heterocycles. The minimum atomic E-state index is -0.606. The highest BCUT2D eigenvalue weighted by molar-refractivity contribution is 5.94. The highest BCUT2D eigenvalue weighted by atomic mass is 19.1. The molecule has 0 aromatic heterocycles. The first-order valence-electron chi connectivity index (χ1n) is 9.01. The van der Waals surface area contributed by atoms with Crippen LogP contribution >= 0.6 is 0 Å². The number of benzene rings is 2. The van der Waals surface area contributed by atoms with Crippen molar-refractivity contribution >= 4 is 5.91 Å². The van der Waals surface area contributed by atoms with E-state index in [9.17, 15) is 14.3 Å². The largest absolute Gasteiger partial charge is 0.493 e. The summed E-state index contributed by atoms with van der Waals surface area (Å²) in [7, 11) is 3.07. The number of hydrogen-bond donors (Lipinski definition) is 1. The maximum Gasteiger partial charge on any atom is 0.254 e. The van der Waals surface area contributed by atoms with Crippen LogP contribution in [0.1, 0.15) is 27.5 Å². The van der Waals surface area contributed by atoms with Gasteiger partial charge in [-0.05, 0) is 48.4 Å². The number of morpholine rings is 1. The lowest BCUT2D eigenvalue weighted by molar-refractivity contribution is -0.0811. The summed E-state index contributed by atoms with van der Waals surface area (Å²) in [5.74, 6) is 0.292. The van der Waals surface area contributed by atoms with Gasteiger partial charge in [-0.3, -0.25) is 4.79 Å². The summed E-state index contributed by atoms with van der Waals surface area (Å²) in [6.45, 7) is 2.09. The first-order chi connectivity index (χ1) is 13.5. The predicted octanol–water partition coefficient (Wildman–Crippen LogP) is 2.73. The van der Waals surface area contributed by atoms with Crippen LogP contribution in [0, 0.1) is 12.7 Å². The van der Waals surface area contributed by atoms with E-state index in [1.807, 2.05) is 0 Å². The summed E-state index contributed by atoms with van der Waals surface area (Å²) in [4.78, 5) is 14.8. The second-order valence-corrected chi connectivity index (χ2v) is 6.67. The maximum atomic E-state index is 13.8. The number of aryl methyl sites for hydroxylation is 1. The predicted molar refractivity (Wildman–Crippen MR) is 101 cm³/mol. The summed E-state index contributed by atoms with van der Waals surface area (Å²) in [6.07, 6.45) is -0.606. The van der Waals surface area contributed by atoms with Gasteiger partial charge in [0.2, 0.25) is 0 Å². The minimum Gasteiger partial charge on any atom is -0.493 e. The number of carbonyl (C=O) groups excluding carboxylic acids is 1. The fraction of sp³-hybridized carbons (Fsp3) is 0.381. The summed E-state index contributed by atoms with van der Waals surface area (Å²) in [6, 6.07) is 9.02. The van der Waals surface area contributed by atoms with Crippen LogP contribution in [0.3, 0.4) is 0 Å². The van der Waals surface area contributed by atoms with E-state index in [-0.39, 0.29) is 24.7 Å². The summed E-state index contributed by atoms with van der Waals surface area (Å²) >= 11 is 0. The van der Waals surface area contributed by atoms with Gasteiger partial charge in [-0.15, -0.1) is 0 Å². The third-order valence-corrected chi connectivity index (χ3v) is 4.83. The molecule has 6 nitrogen and oxygen atoms in total. The van der Waals surface area contributed by atoms with Gasteiger partial charge in [0.15, 0.2) is 11.5 Å². The highest BCUT2D eigenvalue weighted by Crippen LogP contribution is 2.36. The molecule has 7 heteroatoms. The van der Waals surface area contributed by atoms with Gasteiger partial charge in [0, 0.05) is 12.1 Å². The topological polar surface area (TPSA) is 68.2 Å². The molecule has 2 aromatic carbocycles. The average Bonchev–Trinajstić information content (AvgIpc) is 2.71. The number of nitrogens with zero attached hydrogens (tertiary/aromatic N) is 1. The van der Waals surface area contributed by atoms with Crippen molar-refractivity contribution in [1.82, 2.24) is 4.90 Å². The highest BCUT2D eigenvalue weighted by Gasteiger charge is 2.37. The Hall–Kier alpha value is -2.64. The fourth-order valence-electron chi connectivity index (χ4n) is 3.57. The van der Waals surface area contributed by atoms with Crippen molar-refractivity contribution in [1.29, 1.82) is 0 Å². The van der Waals surface area contributed by atoms with Crippen LogP contribution in [0.5, 0.6) is 11.5 Å². The van der Waals surface area contributed by atoms with Gasteiger partial charge in [-0.2, -0.15) is 0 Å². The zero-order valence-corrected chi connectivity index (χ0v) is 16.1. The van der Waals surface area contributed by atoms with Crippen molar-refractivity contribution < 1.29 is 28.5 Å². The van der Waals surface area contributed by atoms with Crippen LogP contribution in [0.2, 0.25) is 0 Å². The Labute approximate surface area is 163 Å². The van der Waals surface area contributed by atoms with Crippen LogP contribution in [0.4, 0.5) is 4.39 Å². The molecule has 1 saturated heterocycles. The van der Waals surface area contributed by atoms with Crippen molar-refractivity contribution in [2.45, 2.75) is 19.1 Å². The second kappa shape index (κ2) is 8.58. The Morgan fingerprint density at radius 2 is 1.96 bits per heavy atom. The number of rotatable bonds is 5. The number of halogens is 1. The molecule has 2 atom stereocenters. The van der Waals surface area contributed by atoms with E-state index >= 15 is 0 Å².